The Morgan fingerprint density at radius 2 is 1.81 bits per heavy atom. The molecule has 138 valence electrons. The van der Waals surface area contributed by atoms with Gasteiger partial charge in [-0.3, -0.25) is 4.79 Å². The number of aromatic nitrogens is 1. The lowest BCUT2D eigenvalue weighted by Gasteiger charge is -2.08. The van der Waals surface area contributed by atoms with Crippen molar-refractivity contribution >= 4 is 28.9 Å². The number of hydrogen-bond donors (Lipinski definition) is 1. The van der Waals surface area contributed by atoms with Crippen molar-refractivity contribution in [2.75, 3.05) is 12.4 Å². The highest BCUT2D eigenvalue weighted by Crippen LogP contribution is 2.29. The van der Waals surface area contributed by atoms with Crippen LogP contribution in [0.3, 0.4) is 0 Å². The highest BCUT2D eigenvalue weighted by Gasteiger charge is 2.21. The molecule has 0 aliphatic rings. The van der Waals surface area contributed by atoms with Gasteiger partial charge in [0.2, 0.25) is 0 Å². The normalized spacial score (nSPS) is 10.5. The molecule has 1 amide bonds. The van der Waals surface area contributed by atoms with Crippen molar-refractivity contribution in [3.05, 3.63) is 70.2 Å². The Labute approximate surface area is 157 Å². The number of benzene rings is 2. The Balaban J connectivity index is 1.90. The average molecular weight is 388 g/mol. The third kappa shape index (κ3) is 3.85. The highest BCUT2D eigenvalue weighted by molar-refractivity contribution is 7.17. The van der Waals surface area contributed by atoms with Crippen LogP contribution in [0.5, 0.6) is 0 Å². The molecule has 8 heteroatoms. The Morgan fingerprint density at radius 1 is 1.11 bits per heavy atom. The lowest BCUT2D eigenvalue weighted by atomic mass is 10.1. The van der Waals surface area contributed by atoms with Crippen molar-refractivity contribution in [3.63, 3.8) is 0 Å². The van der Waals surface area contributed by atoms with Crippen LogP contribution in [-0.4, -0.2) is 24.0 Å². The van der Waals surface area contributed by atoms with Crippen LogP contribution < -0.4 is 5.32 Å². The van der Waals surface area contributed by atoms with Crippen LogP contribution in [0.15, 0.2) is 42.5 Å². The van der Waals surface area contributed by atoms with E-state index in [9.17, 15) is 18.4 Å². The van der Waals surface area contributed by atoms with Crippen LogP contribution in [0.25, 0.3) is 10.6 Å². The first-order valence-electron chi connectivity index (χ1n) is 7.82. The molecular formula is C19H14F2N2O3S. The zero-order valence-electron chi connectivity index (χ0n) is 14.4. The fourth-order valence-electron chi connectivity index (χ4n) is 2.40. The zero-order chi connectivity index (χ0) is 19.6. The topological polar surface area (TPSA) is 68.3 Å². The van der Waals surface area contributed by atoms with Crippen LogP contribution in [0.2, 0.25) is 0 Å². The first kappa shape index (κ1) is 18.7. The van der Waals surface area contributed by atoms with Gasteiger partial charge in [-0.2, -0.15) is 0 Å². The van der Waals surface area contributed by atoms with Gasteiger partial charge < -0.3 is 10.1 Å². The summed E-state index contributed by atoms with van der Waals surface area (Å²) in [6.07, 6.45) is 0. The van der Waals surface area contributed by atoms with E-state index in [0.29, 0.717) is 16.8 Å². The van der Waals surface area contributed by atoms with Gasteiger partial charge in [-0.05, 0) is 13.0 Å². The van der Waals surface area contributed by atoms with Gasteiger partial charge in [0.25, 0.3) is 5.91 Å². The van der Waals surface area contributed by atoms with Crippen LogP contribution in [0, 0.1) is 18.6 Å². The van der Waals surface area contributed by atoms with E-state index >= 15 is 0 Å². The third-order valence-electron chi connectivity index (χ3n) is 3.73. The van der Waals surface area contributed by atoms with Crippen molar-refractivity contribution in [2.24, 2.45) is 0 Å². The molecule has 0 aliphatic carbocycles. The monoisotopic (exact) mass is 388 g/mol. The zero-order valence-corrected chi connectivity index (χ0v) is 15.2. The fraction of sp³-hybridized carbons (Fsp3) is 0.105. The summed E-state index contributed by atoms with van der Waals surface area (Å²) in [6, 6.07) is 10.7. The van der Waals surface area contributed by atoms with Gasteiger partial charge in [0.15, 0.2) is 0 Å². The Morgan fingerprint density at radius 3 is 2.48 bits per heavy atom. The number of carbonyl (C=O) groups is 2. The molecule has 1 aromatic heterocycles. The van der Waals surface area contributed by atoms with Gasteiger partial charge in [-0.1, -0.05) is 30.3 Å². The van der Waals surface area contributed by atoms with E-state index < -0.39 is 29.1 Å². The molecule has 0 spiro atoms. The van der Waals surface area contributed by atoms with Crippen LogP contribution in [0.1, 0.15) is 25.7 Å². The van der Waals surface area contributed by atoms with Crippen molar-refractivity contribution in [1.82, 2.24) is 4.98 Å². The molecule has 2 aromatic carbocycles. The number of halogens is 2. The van der Waals surface area contributed by atoms with E-state index in [-0.39, 0.29) is 10.6 Å². The number of aryl methyl sites for hydroxylation is 1. The maximum atomic E-state index is 14.0. The molecule has 1 N–H and O–H groups in total. The van der Waals surface area contributed by atoms with Crippen molar-refractivity contribution in [1.29, 1.82) is 0 Å². The summed E-state index contributed by atoms with van der Waals surface area (Å²) in [4.78, 5) is 28.8. The first-order chi connectivity index (χ1) is 12.9. The smallest absolute Gasteiger partial charge is 0.340 e. The highest BCUT2D eigenvalue weighted by atomic mass is 32.1. The number of anilines is 1. The summed E-state index contributed by atoms with van der Waals surface area (Å²) in [6.45, 7) is 1.67. The molecule has 0 unspecified atom stereocenters. The Bertz CT molecular complexity index is 1020. The molecule has 0 fully saturated rings. The maximum absolute atomic E-state index is 14.0. The average Bonchev–Trinajstić information content (AvgIpc) is 3.06. The van der Waals surface area contributed by atoms with E-state index in [0.717, 1.165) is 30.1 Å². The quantitative estimate of drug-likeness (QED) is 0.671. The summed E-state index contributed by atoms with van der Waals surface area (Å²) >= 11 is 1.15. The second-order valence-electron chi connectivity index (χ2n) is 5.56. The minimum absolute atomic E-state index is 0.289. The van der Waals surface area contributed by atoms with Crippen molar-refractivity contribution < 1.29 is 23.1 Å². The molecule has 3 rings (SSSR count). The predicted molar refractivity (Wildman–Crippen MR) is 97.9 cm³/mol. The van der Waals surface area contributed by atoms with E-state index in [1.807, 2.05) is 30.3 Å². The minimum atomic E-state index is -1.07. The van der Waals surface area contributed by atoms with Crippen LogP contribution in [-0.2, 0) is 4.74 Å². The number of nitrogens with one attached hydrogen (secondary N) is 1. The molecule has 0 bridgehead atoms. The number of nitrogens with zero attached hydrogens (tertiary/aromatic N) is 1. The van der Waals surface area contributed by atoms with Gasteiger partial charge in [0.1, 0.15) is 21.5 Å². The number of amides is 1. The van der Waals surface area contributed by atoms with E-state index in [4.69, 9.17) is 0 Å². The fourth-order valence-corrected chi connectivity index (χ4v) is 3.37. The molecule has 5 nitrogen and oxygen atoms in total. The summed E-state index contributed by atoms with van der Waals surface area (Å²) in [7, 11) is 1.08. The molecule has 3 aromatic rings. The van der Waals surface area contributed by atoms with Gasteiger partial charge in [0, 0.05) is 11.6 Å². The summed E-state index contributed by atoms with van der Waals surface area (Å²) in [5.41, 5.74) is 0.536. The molecule has 27 heavy (non-hydrogen) atoms. The van der Waals surface area contributed by atoms with Crippen LogP contribution >= 0.6 is 11.3 Å². The minimum Gasteiger partial charge on any atom is -0.465 e. The standard InChI is InChI=1S/C19H14F2N2O3S/c1-10-16(27-18(22-10)11-6-4-3-5-7-11)17(24)23-15-8-12(19(25)26-2)13(20)9-14(15)21/h3-9H,1-2H3,(H,23,24). The first-order valence-corrected chi connectivity index (χ1v) is 8.64. The number of ether oxygens (including phenoxy) is 1. The number of rotatable bonds is 4. The van der Waals surface area contributed by atoms with E-state index in [1.54, 1.807) is 6.92 Å². The summed E-state index contributed by atoms with van der Waals surface area (Å²) in [5, 5.41) is 3.01. The lowest BCUT2D eigenvalue weighted by Crippen LogP contribution is -2.14. The summed E-state index contributed by atoms with van der Waals surface area (Å²) < 4.78 is 32.2. The Hall–Kier alpha value is -3.13. The van der Waals surface area contributed by atoms with Crippen molar-refractivity contribution in [2.45, 2.75) is 6.92 Å². The molecular weight excluding hydrogens is 374 g/mol. The molecule has 0 radical (unpaired) electrons. The SMILES string of the molecule is COC(=O)c1cc(NC(=O)c2sc(-c3ccccc3)nc2C)c(F)cc1F. The number of esters is 1. The number of carbonyl (C=O) groups excluding carboxylic acids is 2. The van der Waals surface area contributed by atoms with Crippen molar-refractivity contribution in [3.8, 4) is 10.6 Å². The third-order valence-corrected chi connectivity index (χ3v) is 4.94. The molecule has 0 saturated carbocycles. The lowest BCUT2D eigenvalue weighted by molar-refractivity contribution is 0.0595. The Kier molecular flexibility index (Phi) is 5.27. The van der Waals surface area contributed by atoms with Gasteiger partial charge in [-0.25, -0.2) is 18.6 Å². The van der Waals surface area contributed by atoms with Gasteiger partial charge in [-0.15, -0.1) is 11.3 Å². The van der Waals surface area contributed by atoms with Gasteiger partial charge >= 0.3 is 5.97 Å². The molecule has 0 atom stereocenters. The number of thiazole rings is 1. The van der Waals surface area contributed by atoms with Crippen LogP contribution in [0.4, 0.5) is 14.5 Å². The second kappa shape index (κ2) is 7.63. The second-order valence-corrected chi connectivity index (χ2v) is 6.56. The molecule has 0 aliphatic heterocycles. The summed E-state index contributed by atoms with van der Waals surface area (Å²) in [5.74, 6) is -3.64. The number of hydrogen-bond acceptors (Lipinski definition) is 5. The largest absolute Gasteiger partial charge is 0.465 e. The maximum Gasteiger partial charge on any atom is 0.340 e. The van der Waals surface area contributed by atoms with Gasteiger partial charge in [0.05, 0.1) is 24.1 Å². The molecule has 1 heterocycles. The van der Waals surface area contributed by atoms with E-state index in [2.05, 4.69) is 15.0 Å². The van der Waals surface area contributed by atoms with E-state index in [1.165, 1.54) is 0 Å². The predicted octanol–water partition coefficient (Wildman–Crippen LogP) is 4.44. The number of methoxy groups -OCH3 is 1. The molecule has 0 saturated heterocycles.